The Bertz CT molecular complexity index is 4300. The van der Waals surface area contributed by atoms with Crippen LogP contribution in [0, 0.1) is 6.92 Å². The molecule has 0 amide bonds. The lowest BCUT2D eigenvalue weighted by atomic mass is 9.43. The molecule has 0 N–H and O–H groups in total. The molecule has 0 saturated carbocycles. The summed E-state index contributed by atoms with van der Waals surface area (Å²) in [6.07, 6.45) is 6.97. The molecule has 4 heteroatoms. The first-order valence-electron chi connectivity index (χ1n) is 28.6. The van der Waals surface area contributed by atoms with E-state index in [0.29, 0.717) is 0 Å². The van der Waals surface area contributed by atoms with Crippen LogP contribution in [0.25, 0.3) is 71.3 Å². The summed E-state index contributed by atoms with van der Waals surface area (Å²) in [5, 5.41) is 7.60. The quantitative estimate of drug-likeness (QED) is 0.111. The van der Waals surface area contributed by atoms with Crippen molar-refractivity contribution >= 4 is 89.6 Å². The molecular weight excluding hydrogens is 930 g/mol. The van der Waals surface area contributed by atoms with E-state index in [-0.39, 0.29) is 23.1 Å². The highest BCUT2D eigenvalue weighted by Gasteiger charge is 2.48. The van der Waals surface area contributed by atoms with E-state index in [4.69, 9.17) is 0 Å². The fraction of sp³-hybridized carbons (Fsp3) is 0.233. The molecule has 0 fully saturated rings. The van der Waals surface area contributed by atoms with Gasteiger partial charge in [0.05, 0.1) is 16.7 Å². The summed E-state index contributed by atoms with van der Waals surface area (Å²) >= 11 is 0. The number of anilines is 5. The number of hydrogen-bond donors (Lipinski definition) is 0. The van der Waals surface area contributed by atoms with Crippen LogP contribution in [0.15, 0.2) is 182 Å². The summed E-state index contributed by atoms with van der Waals surface area (Å²) in [5.41, 5.74) is 26.3. The Morgan fingerprint density at radius 3 is 2.01 bits per heavy atom. The standard InChI is InChI=1S/C73H66BN3/c1-9-10-11-18-46-27-35-63-56(39-46)57-42-66(75(51-32-28-47-19-12-13-21-49(47)40-51)52-33-34-59-55(41-52)54-23-16-17-24-58(54)73(59,7)8)68-67-53-22-15-14-20-48(53)29-36-64(67)76-65-44-61-60(71(3,4)37-38-72(61,5)6)43-62(65)74(69(57)70(68)76)77(63)50-30-25-45(2)26-31-50/h12-17,19-36,39-44H,9-11,18,37-38H2,1-8H3. The molecular formula is C73H66BN3. The van der Waals surface area contributed by atoms with Gasteiger partial charge in [0.25, 0.3) is 0 Å². The van der Waals surface area contributed by atoms with Crippen molar-refractivity contribution in [3.05, 3.63) is 215 Å². The highest BCUT2D eigenvalue weighted by Crippen LogP contribution is 2.56. The van der Waals surface area contributed by atoms with Gasteiger partial charge in [0.2, 0.25) is 0 Å². The summed E-state index contributed by atoms with van der Waals surface area (Å²) < 4.78 is 2.74. The second kappa shape index (κ2) is 16.6. The Balaban J connectivity index is 1.14. The van der Waals surface area contributed by atoms with E-state index in [1.165, 1.54) is 152 Å². The molecule has 0 saturated heterocycles. The first-order chi connectivity index (χ1) is 37.3. The van der Waals surface area contributed by atoms with Gasteiger partial charge in [-0.3, -0.25) is 0 Å². The van der Waals surface area contributed by atoms with Crippen LogP contribution in [0.1, 0.15) is 114 Å². The van der Waals surface area contributed by atoms with Crippen LogP contribution >= 0.6 is 0 Å². The van der Waals surface area contributed by atoms with Crippen molar-refractivity contribution in [1.29, 1.82) is 0 Å². The van der Waals surface area contributed by atoms with E-state index >= 15 is 0 Å². The summed E-state index contributed by atoms with van der Waals surface area (Å²) in [5.74, 6) is 0. The number of unbranched alkanes of at least 4 members (excludes halogenated alkanes) is 2. The van der Waals surface area contributed by atoms with E-state index in [1.807, 2.05) is 0 Å². The maximum Gasteiger partial charge on any atom is 0.333 e. The molecule has 0 radical (unpaired) electrons. The highest BCUT2D eigenvalue weighted by molar-refractivity contribution is 6.94. The minimum absolute atomic E-state index is 0.0135. The first kappa shape index (κ1) is 46.5. The Morgan fingerprint density at radius 1 is 0.519 bits per heavy atom. The largest absolute Gasteiger partial charge is 0.376 e. The molecule has 0 unspecified atom stereocenters. The zero-order valence-corrected chi connectivity index (χ0v) is 46.0. The second-order valence-electron chi connectivity index (χ2n) is 25.0. The number of aromatic nitrogens is 1. The third-order valence-corrected chi connectivity index (χ3v) is 19.1. The number of aryl methyl sites for hydroxylation is 2. The van der Waals surface area contributed by atoms with Crippen LogP contribution in [0.5, 0.6) is 0 Å². The molecule has 15 rings (SSSR count). The molecule has 0 atom stereocenters. The SMILES string of the molecule is CCCCCc1ccc2c(c1)-c1cc(N(c3ccc4c(c3)-c3ccccc3C4(C)C)c3ccc4ccccc4c3)c3c4c5ccccc5ccc4n4c3c1B(c1cc3c(cc1-4)C(C)(C)CCC3(C)C)N2c1ccc(C)cc1. The van der Waals surface area contributed by atoms with Gasteiger partial charge in [-0.2, -0.15) is 0 Å². The molecule has 376 valence electrons. The van der Waals surface area contributed by atoms with Crippen LogP contribution < -0.4 is 20.6 Å². The van der Waals surface area contributed by atoms with Gasteiger partial charge in [0.1, 0.15) is 0 Å². The summed E-state index contributed by atoms with van der Waals surface area (Å²) in [6, 6.07) is 71.3. The molecule has 2 aliphatic carbocycles. The van der Waals surface area contributed by atoms with Crippen LogP contribution in [0.3, 0.4) is 0 Å². The summed E-state index contributed by atoms with van der Waals surface area (Å²) in [6.45, 7) is 19.2. The van der Waals surface area contributed by atoms with Crippen LogP contribution in [0.2, 0.25) is 0 Å². The van der Waals surface area contributed by atoms with Crippen molar-refractivity contribution in [3.8, 4) is 27.9 Å². The smallest absolute Gasteiger partial charge is 0.333 e. The molecule has 0 bridgehead atoms. The normalized spacial score (nSPS) is 15.9. The topological polar surface area (TPSA) is 11.4 Å². The maximum atomic E-state index is 2.74. The lowest BCUT2D eigenvalue weighted by Gasteiger charge is -2.46. The molecule has 1 aromatic heterocycles. The third-order valence-electron chi connectivity index (χ3n) is 19.1. The zero-order chi connectivity index (χ0) is 52.3. The van der Waals surface area contributed by atoms with E-state index in [1.54, 1.807) is 0 Å². The van der Waals surface area contributed by atoms with E-state index in [2.05, 4.69) is 252 Å². The fourth-order valence-electron chi connectivity index (χ4n) is 14.8. The van der Waals surface area contributed by atoms with E-state index < -0.39 is 0 Å². The number of fused-ring (bicyclic) bond motifs is 15. The van der Waals surface area contributed by atoms with Gasteiger partial charge in [-0.05, 0) is 187 Å². The van der Waals surface area contributed by atoms with E-state index in [9.17, 15) is 0 Å². The average Bonchev–Trinajstić information content (AvgIpc) is 4.17. The Hall–Kier alpha value is -7.82. The average molecular weight is 996 g/mol. The minimum atomic E-state index is -0.117. The predicted molar refractivity (Wildman–Crippen MR) is 330 cm³/mol. The molecule has 4 aliphatic rings. The lowest BCUT2D eigenvalue weighted by molar-refractivity contribution is 0.332. The number of benzene rings is 10. The van der Waals surface area contributed by atoms with Crippen molar-refractivity contribution in [2.24, 2.45) is 0 Å². The Kier molecular flexibility index (Phi) is 10.0. The predicted octanol–water partition coefficient (Wildman–Crippen LogP) is 18.5. The van der Waals surface area contributed by atoms with Crippen molar-refractivity contribution in [2.45, 2.75) is 110 Å². The maximum absolute atomic E-state index is 2.74. The van der Waals surface area contributed by atoms with Gasteiger partial charge < -0.3 is 14.3 Å². The second-order valence-corrected chi connectivity index (χ2v) is 25.0. The number of nitrogens with zero attached hydrogens (tertiary/aromatic N) is 3. The van der Waals surface area contributed by atoms with Crippen molar-refractivity contribution in [2.75, 3.05) is 9.71 Å². The molecule has 2 aliphatic heterocycles. The first-order valence-corrected chi connectivity index (χ1v) is 28.6. The molecule has 0 spiro atoms. The Morgan fingerprint density at radius 2 is 1.21 bits per heavy atom. The van der Waals surface area contributed by atoms with Crippen molar-refractivity contribution in [1.82, 2.24) is 4.57 Å². The summed E-state index contributed by atoms with van der Waals surface area (Å²) in [7, 11) is 0. The highest BCUT2D eigenvalue weighted by atomic mass is 15.2. The third kappa shape index (κ3) is 6.70. The van der Waals surface area contributed by atoms with Gasteiger partial charge in [-0.15, -0.1) is 0 Å². The molecule has 3 heterocycles. The number of rotatable bonds is 8. The zero-order valence-electron chi connectivity index (χ0n) is 46.0. The van der Waals surface area contributed by atoms with Crippen LogP contribution in [-0.2, 0) is 22.7 Å². The molecule has 10 aromatic carbocycles. The minimum Gasteiger partial charge on any atom is -0.376 e. The molecule has 3 nitrogen and oxygen atoms in total. The van der Waals surface area contributed by atoms with Crippen LogP contribution in [-0.4, -0.2) is 11.4 Å². The summed E-state index contributed by atoms with van der Waals surface area (Å²) in [4.78, 5) is 5.38. The van der Waals surface area contributed by atoms with Gasteiger partial charge in [-0.1, -0.05) is 182 Å². The Labute approximate surface area is 454 Å². The van der Waals surface area contributed by atoms with Crippen LogP contribution in [0.4, 0.5) is 28.4 Å². The number of hydrogen-bond acceptors (Lipinski definition) is 2. The van der Waals surface area contributed by atoms with Gasteiger partial charge in [0, 0.05) is 50.2 Å². The van der Waals surface area contributed by atoms with Gasteiger partial charge in [0.15, 0.2) is 0 Å². The lowest BCUT2D eigenvalue weighted by Crippen LogP contribution is -2.61. The van der Waals surface area contributed by atoms with Crippen molar-refractivity contribution < 1.29 is 0 Å². The molecule has 11 aromatic rings. The van der Waals surface area contributed by atoms with Crippen molar-refractivity contribution in [3.63, 3.8) is 0 Å². The van der Waals surface area contributed by atoms with Gasteiger partial charge in [-0.25, -0.2) is 0 Å². The fourth-order valence-corrected chi connectivity index (χ4v) is 14.8. The molecule has 77 heavy (non-hydrogen) atoms. The monoisotopic (exact) mass is 996 g/mol. The van der Waals surface area contributed by atoms with E-state index in [0.717, 1.165) is 30.6 Å². The van der Waals surface area contributed by atoms with Gasteiger partial charge >= 0.3 is 6.85 Å².